The van der Waals surface area contributed by atoms with E-state index in [9.17, 15) is 4.79 Å². The van der Waals surface area contributed by atoms with Gasteiger partial charge in [0.25, 0.3) is 0 Å². The van der Waals surface area contributed by atoms with Gasteiger partial charge in [0.2, 0.25) is 0 Å². The summed E-state index contributed by atoms with van der Waals surface area (Å²) in [5.41, 5.74) is 1.99. The normalized spacial score (nSPS) is 11.3. The monoisotopic (exact) mass is 224 g/mol. The van der Waals surface area contributed by atoms with Crippen molar-refractivity contribution >= 4 is 23.6 Å². The third kappa shape index (κ3) is 4.66. The van der Waals surface area contributed by atoms with Crippen LogP contribution in [0.1, 0.15) is 19.4 Å². The number of rotatable bonds is 3. The molecule has 1 aromatic carbocycles. The fourth-order valence-corrected chi connectivity index (χ4v) is 1.34. The number of ether oxygens (including phenoxy) is 1. The molecule has 80 valence electrons. The molecule has 1 aromatic rings. The van der Waals surface area contributed by atoms with Crippen LogP contribution in [0.15, 0.2) is 29.8 Å². The molecule has 0 spiro atoms. The molecule has 0 aliphatic heterocycles. The maximum absolute atomic E-state index is 10.6. The van der Waals surface area contributed by atoms with E-state index in [-0.39, 0.29) is 5.97 Å². The second kappa shape index (κ2) is 5.56. The molecule has 0 atom stereocenters. The Morgan fingerprint density at radius 3 is 2.80 bits per heavy atom. The fourth-order valence-electron chi connectivity index (χ4n) is 1.14. The van der Waals surface area contributed by atoms with Crippen LogP contribution in [-0.2, 0) is 9.53 Å². The van der Waals surface area contributed by atoms with Crippen molar-refractivity contribution in [1.82, 2.24) is 0 Å². The lowest BCUT2D eigenvalue weighted by Gasteiger charge is -2.02. The number of carbonyl (C=O) groups is 1. The standard InChI is InChI=1S/C12H13ClO2/c1-9(8-15-10(2)14)6-11-4-3-5-12(13)7-11/h3-7H,8H2,1-2H3. The highest BCUT2D eigenvalue weighted by Gasteiger charge is 1.96. The van der Waals surface area contributed by atoms with Gasteiger partial charge in [-0.25, -0.2) is 0 Å². The SMILES string of the molecule is CC(=O)OCC(C)=Cc1cccc(Cl)c1. The van der Waals surface area contributed by atoms with Gasteiger partial charge in [0.15, 0.2) is 0 Å². The van der Waals surface area contributed by atoms with Crippen LogP contribution in [0.4, 0.5) is 0 Å². The van der Waals surface area contributed by atoms with E-state index in [4.69, 9.17) is 16.3 Å². The quantitative estimate of drug-likeness (QED) is 0.737. The number of hydrogen-bond donors (Lipinski definition) is 0. The highest BCUT2D eigenvalue weighted by atomic mass is 35.5. The van der Waals surface area contributed by atoms with Crippen molar-refractivity contribution in [3.63, 3.8) is 0 Å². The molecule has 0 N–H and O–H groups in total. The summed E-state index contributed by atoms with van der Waals surface area (Å²) in [5.74, 6) is -0.270. The molecule has 15 heavy (non-hydrogen) atoms. The lowest BCUT2D eigenvalue weighted by atomic mass is 10.1. The van der Waals surface area contributed by atoms with Gasteiger partial charge < -0.3 is 4.74 Å². The smallest absolute Gasteiger partial charge is 0.302 e. The topological polar surface area (TPSA) is 26.3 Å². The molecule has 2 nitrogen and oxygen atoms in total. The lowest BCUT2D eigenvalue weighted by Crippen LogP contribution is -2.01. The minimum absolute atomic E-state index is 0.270. The Bertz CT molecular complexity index is 383. The minimum atomic E-state index is -0.270. The van der Waals surface area contributed by atoms with Crippen molar-refractivity contribution in [3.8, 4) is 0 Å². The van der Waals surface area contributed by atoms with Crippen molar-refractivity contribution in [2.24, 2.45) is 0 Å². The predicted octanol–water partition coefficient (Wildman–Crippen LogP) is 3.31. The van der Waals surface area contributed by atoms with Crippen LogP contribution in [0, 0.1) is 0 Å². The number of hydrogen-bond acceptors (Lipinski definition) is 2. The zero-order chi connectivity index (χ0) is 11.3. The molecule has 0 aliphatic rings. The first-order chi connectivity index (χ1) is 7.08. The molecular formula is C12H13ClO2. The maximum Gasteiger partial charge on any atom is 0.302 e. The largest absolute Gasteiger partial charge is 0.461 e. The van der Waals surface area contributed by atoms with Crippen molar-refractivity contribution in [1.29, 1.82) is 0 Å². The fraction of sp³-hybridized carbons (Fsp3) is 0.250. The molecule has 0 saturated carbocycles. The van der Waals surface area contributed by atoms with E-state index < -0.39 is 0 Å². The molecule has 0 radical (unpaired) electrons. The minimum Gasteiger partial charge on any atom is -0.461 e. The van der Waals surface area contributed by atoms with E-state index in [0.29, 0.717) is 11.6 Å². The van der Waals surface area contributed by atoms with E-state index in [1.165, 1.54) is 6.92 Å². The predicted molar refractivity (Wildman–Crippen MR) is 61.7 cm³/mol. The second-order valence-electron chi connectivity index (χ2n) is 3.33. The first-order valence-electron chi connectivity index (χ1n) is 4.64. The number of halogens is 1. The molecule has 0 saturated heterocycles. The van der Waals surface area contributed by atoms with Crippen LogP contribution >= 0.6 is 11.6 Å². The summed E-state index contributed by atoms with van der Waals surface area (Å²) in [5, 5.41) is 0.698. The van der Waals surface area contributed by atoms with Gasteiger partial charge in [0.05, 0.1) is 0 Å². The van der Waals surface area contributed by atoms with Gasteiger partial charge >= 0.3 is 5.97 Å². The number of benzene rings is 1. The zero-order valence-corrected chi connectivity index (χ0v) is 9.54. The number of esters is 1. The molecule has 0 aromatic heterocycles. The summed E-state index contributed by atoms with van der Waals surface area (Å²) in [4.78, 5) is 10.6. The molecular weight excluding hydrogens is 212 g/mol. The zero-order valence-electron chi connectivity index (χ0n) is 8.79. The Balaban J connectivity index is 2.65. The Labute approximate surface area is 94.5 Å². The van der Waals surface area contributed by atoms with Crippen molar-refractivity contribution < 1.29 is 9.53 Å². The first-order valence-corrected chi connectivity index (χ1v) is 5.02. The van der Waals surface area contributed by atoms with Gasteiger partial charge in [-0.3, -0.25) is 4.79 Å². The van der Waals surface area contributed by atoms with Crippen LogP contribution < -0.4 is 0 Å². The summed E-state index contributed by atoms with van der Waals surface area (Å²) in [6.45, 7) is 3.62. The van der Waals surface area contributed by atoms with Gasteiger partial charge in [0, 0.05) is 11.9 Å². The molecule has 1 rings (SSSR count). The van der Waals surface area contributed by atoms with E-state index in [2.05, 4.69) is 0 Å². The highest BCUT2D eigenvalue weighted by molar-refractivity contribution is 6.30. The van der Waals surface area contributed by atoms with Gasteiger partial charge in [0.1, 0.15) is 6.61 Å². The average Bonchev–Trinajstić information content (AvgIpc) is 2.15. The van der Waals surface area contributed by atoms with Gasteiger partial charge in [-0.15, -0.1) is 0 Å². The summed E-state index contributed by atoms with van der Waals surface area (Å²) < 4.78 is 4.87. The third-order valence-corrected chi connectivity index (χ3v) is 2.00. The Morgan fingerprint density at radius 1 is 1.47 bits per heavy atom. The second-order valence-corrected chi connectivity index (χ2v) is 3.76. The third-order valence-electron chi connectivity index (χ3n) is 1.76. The van der Waals surface area contributed by atoms with E-state index >= 15 is 0 Å². The maximum atomic E-state index is 10.6. The Kier molecular flexibility index (Phi) is 4.37. The lowest BCUT2D eigenvalue weighted by molar-refractivity contribution is -0.139. The molecule has 0 bridgehead atoms. The Hall–Kier alpha value is -1.28. The van der Waals surface area contributed by atoms with E-state index in [0.717, 1.165) is 11.1 Å². The van der Waals surface area contributed by atoms with Gasteiger partial charge in [-0.2, -0.15) is 0 Å². The van der Waals surface area contributed by atoms with Crippen molar-refractivity contribution in [2.75, 3.05) is 6.61 Å². The number of carbonyl (C=O) groups excluding carboxylic acids is 1. The molecule has 0 aliphatic carbocycles. The average molecular weight is 225 g/mol. The summed E-state index contributed by atoms with van der Waals surface area (Å²) in [6.07, 6.45) is 1.94. The molecule has 0 amide bonds. The Morgan fingerprint density at radius 2 is 2.20 bits per heavy atom. The van der Waals surface area contributed by atoms with E-state index in [1.807, 2.05) is 37.3 Å². The van der Waals surface area contributed by atoms with E-state index in [1.54, 1.807) is 0 Å². The molecule has 0 heterocycles. The van der Waals surface area contributed by atoms with Gasteiger partial charge in [-0.1, -0.05) is 29.8 Å². The molecule has 0 unspecified atom stereocenters. The van der Waals surface area contributed by atoms with Crippen molar-refractivity contribution in [2.45, 2.75) is 13.8 Å². The first kappa shape index (κ1) is 11.8. The van der Waals surface area contributed by atoms with Crippen LogP contribution in [0.5, 0.6) is 0 Å². The summed E-state index contributed by atoms with van der Waals surface area (Å²) in [7, 11) is 0. The molecule has 3 heteroatoms. The molecule has 0 fully saturated rings. The van der Waals surface area contributed by atoms with Crippen LogP contribution in [-0.4, -0.2) is 12.6 Å². The van der Waals surface area contributed by atoms with Crippen molar-refractivity contribution in [3.05, 3.63) is 40.4 Å². The van der Waals surface area contributed by atoms with Gasteiger partial charge in [-0.05, 0) is 30.2 Å². The van der Waals surface area contributed by atoms with Crippen LogP contribution in [0.2, 0.25) is 5.02 Å². The summed E-state index contributed by atoms with van der Waals surface area (Å²) >= 11 is 5.84. The highest BCUT2D eigenvalue weighted by Crippen LogP contribution is 2.13. The van der Waals surface area contributed by atoms with Crippen LogP contribution in [0.25, 0.3) is 6.08 Å². The summed E-state index contributed by atoms with van der Waals surface area (Å²) in [6, 6.07) is 7.51. The van der Waals surface area contributed by atoms with Crippen LogP contribution in [0.3, 0.4) is 0 Å².